The lowest BCUT2D eigenvalue weighted by Crippen LogP contribution is -2.31. The molecule has 2 saturated heterocycles. The highest BCUT2D eigenvalue weighted by Crippen LogP contribution is 2.33. The lowest BCUT2D eigenvalue weighted by molar-refractivity contribution is 0.0785. The third-order valence-corrected chi connectivity index (χ3v) is 6.58. The first-order valence-corrected chi connectivity index (χ1v) is 8.93. The fourth-order valence-electron chi connectivity index (χ4n) is 3.27. The molecule has 0 radical (unpaired) electrons. The second-order valence-corrected chi connectivity index (χ2v) is 7.75. The van der Waals surface area contributed by atoms with Gasteiger partial charge in [0.25, 0.3) is 5.91 Å². The average Bonchev–Trinajstić information content (AvgIpc) is 3.21. The smallest absolute Gasteiger partial charge is 0.265 e. The van der Waals surface area contributed by atoms with Gasteiger partial charge in [-0.05, 0) is 30.2 Å². The van der Waals surface area contributed by atoms with Crippen molar-refractivity contribution in [3.05, 3.63) is 28.1 Å². The Hall–Kier alpha value is -0.660. The van der Waals surface area contributed by atoms with Gasteiger partial charge in [0.2, 0.25) is 0 Å². The highest BCUT2D eigenvalue weighted by atomic mass is 35.5. The number of thiophene rings is 1. The molecule has 2 aromatic heterocycles. The van der Waals surface area contributed by atoms with Crippen LogP contribution in [0.5, 0.6) is 0 Å². The van der Waals surface area contributed by atoms with Crippen LogP contribution in [0.4, 0.5) is 0 Å². The largest absolute Gasteiger partial charge is 0.337 e. The van der Waals surface area contributed by atoms with Gasteiger partial charge in [0, 0.05) is 26.2 Å². The van der Waals surface area contributed by atoms with Gasteiger partial charge in [-0.3, -0.25) is 4.79 Å². The summed E-state index contributed by atoms with van der Waals surface area (Å²) in [5.74, 6) is 1.44. The maximum absolute atomic E-state index is 12.8. The molecule has 2 fully saturated rings. The zero-order valence-corrected chi connectivity index (χ0v) is 15.9. The maximum Gasteiger partial charge on any atom is 0.265 e. The van der Waals surface area contributed by atoms with Crippen LogP contribution in [0, 0.1) is 18.8 Å². The summed E-state index contributed by atoms with van der Waals surface area (Å²) in [5.41, 5.74) is 0.864. The number of carbonyl (C=O) groups excluding carboxylic acids is 1. The van der Waals surface area contributed by atoms with E-state index in [1.165, 1.54) is 11.3 Å². The molecule has 4 nitrogen and oxygen atoms in total. The number of hydrogen-bond acceptors (Lipinski definition) is 5. The predicted molar refractivity (Wildman–Crippen MR) is 100 cm³/mol. The molecule has 23 heavy (non-hydrogen) atoms. The van der Waals surface area contributed by atoms with Crippen LogP contribution >= 0.6 is 47.5 Å². The van der Waals surface area contributed by atoms with Crippen LogP contribution in [-0.2, 0) is 0 Å². The SMILES string of the molecule is Cc1nc(-c2cccs2)sc1C(=O)N1C[C@H]2CNC[C@H]2C1.Cl.Cl. The summed E-state index contributed by atoms with van der Waals surface area (Å²) in [4.78, 5) is 21.3. The number of fused-ring (bicyclic) bond motifs is 1. The molecule has 4 heterocycles. The van der Waals surface area contributed by atoms with E-state index in [2.05, 4.69) is 16.4 Å². The lowest BCUT2D eigenvalue weighted by Gasteiger charge is -2.16. The third-order valence-electron chi connectivity index (χ3n) is 4.40. The van der Waals surface area contributed by atoms with Crippen molar-refractivity contribution in [2.45, 2.75) is 6.92 Å². The van der Waals surface area contributed by atoms with Gasteiger partial charge in [-0.1, -0.05) is 6.07 Å². The summed E-state index contributed by atoms with van der Waals surface area (Å²) in [6, 6.07) is 4.08. The van der Waals surface area contributed by atoms with E-state index in [9.17, 15) is 4.79 Å². The fourth-order valence-corrected chi connectivity index (χ4v) is 5.10. The van der Waals surface area contributed by atoms with Crippen LogP contribution in [0.25, 0.3) is 9.88 Å². The number of hydrogen-bond donors (Lipinski definition) is 1. The van der Waals surface area contributed by atoms with E-state index in [-0.39, 0.29) is 30.7 Å². The number of likely N-dealkylation sites (tertiary alicyclic amines) is 1. The summed E-state index contributed by atoms with van der Waals surface area (Å²) in [6.07, 6.45) is 0. The average molecular weight is 392 g/mol. The van der Waals surface area contributed by atoms with E-state index in [1.54, 1.807) is 11.3 Å². The van der Waals surface area contributed by atoms with Gasteiger partial charge in [0.15, 0.2) is 0 Å². The summed E-state index contributed by atoms with van der Waals surface area (Å²) in [5, 5.41) is 6.42. The van der Waals surface area contributed by atoms with Gasteiger partial charge in [-0.2, -0.15) is 0 Å². The number of rotatable bonds is 2. The quantitative estimate of drug-likeness (QED) is 0.853. The topological polar surface area (TPSA) is 45.2 Å². The molecule has 2 atom stereocenters. The van der Waals surface area contributed by atoms with Crippen LogP contribution in [-0.4, -0.2) is 42.0 Å². The number of carbonyl (C=O) groups is 1. The molecule has 2 aromatic rings. The molecule has 1 N–H and O–H groups in total. The number of nitrogens with one attached hydrogen (secondary N) is 1. The molecule has 0 aliphatic carbocycles. The van der Waals surface area contributed by atoms with Gasteiger partial charge in [-0.25, -0.2) is 4.98 Å². The zero-order chi connectivity index (χ0) is 14.4. The summed E-state index contributed by atoms with van der Waals surface area (Å²) in [7, 11) is 0. The number of aryl methyl sites for hydroxylation is 1. The molecular formula is C15H19Cl2N3OS2. The number of amides is 1. The standard InChI is InChI=1S/C15H17N3OS2.2ClH/c1-9-13(21-14(17-9)12-3-2-4-20-12)15(19)18-7-10-5-16-6-11(10)8-18;;/h2-4,10-11,16H,5-8H2,1H3;2*1H/t10-,11+;;. The fraction of sp³-hybridized carbons (Fsp3) is 0.467. The second-order valence-electron chi connectivity index (χ2n) is 5.80. The van der Waals surface area contributed by atoms with Crippen LogP contribution in [0.1, 0.15) is 15.4 Å². The van der Waals surface area contributed by atoms with Crippen molar-refractivity contribution in [1.82, 2.24) is 15.2 Å². The van der Waals surface area contributed by atoms with Gasteiger partial charge in [-0.15, -0.1) is 47.5 Å². The van der Waals surface area contributed by atoms with Crippen molar-refractivity contribution >= 4 is 53.4 Å². The Balaban J connectivity index is 0.000000960. The molecule has 4 rings (SSSR count). The highest BCUT2D eigenvalue weighted by Gasteiger charge is 2.39. The predicted octanol–water partition coefficient (Wildman–Crippen LogP) is 3.32. The molecule has 1 amide bonds. The van der Waals surface area contributed by atoms with Gasteiger partial charge in [0.1, 0.15) is 9.88 Å². The van der Waals surface area contributed by atoms with Crippen molar-refractivity contribution in [2.24, 2.45) is 11.8 Å². The minimum absolute atomic E-state index is 0. The lowest BCUT2D eigenvalue weighted by atomic mass is 10.0. The van der Waals surface area contributed by atoms with Crippen LogP contribution < -0.4 is 5.32 Å². The maximum atomic E-state index is 12.8. The van der Waals surface area contributed by atoms with Crippen LogP contribution in [0.2, 0.25) is 0 Å². The van der Waals surface area contributed by atoms with Crippen molar-refractivity contribution in [3.63, 3.8) is 0 Å². The summed E-state index contributed by atoms with van der Waals surface area (Å²) >= 11 is 3.20. The molecule has 0 unspecified atom stereocenters. The van der Waals surface area contributed by atoms with E-state index in [0.29, 0.717) is 11.8 Å². The molecule has 0 aromatic carbocycles. The molecule has 2 aliphatic heterocycles. The Labute approximate surface area is 156 Å². The third kappa shape index (κ3) is 3.42. The summed E-state index contributed by atoms with van der Waals surface area (Å²) < 4.78 is 0. The first-order valence-electron chi connectivity index (χ1n) is 7.23. The van der Waals surface area contributed by atoms with Crippen LogP contribution in [0.3, 0.4) is 0 Å². The van der Waals surface area contributed by atoms with Crippen molar-refractivity contribution in [1.29, 1.82) is 0 Å². The molecule has 126 valence electrons. The Morgan fingerprint density at radius 2 is 2.00 bits per heavy atom. The number of thiazole rings is 1. The molecule has 0 bridgehead atoms. The number of halogens is 2. The van der Waals surface area contributed by atoms with E-state index >= 15 is 0 Å². The van der Waals surface area contributed by atoms with E-state index in [1.807, 2.05) is 23.3 Å². The van der Waals surface area contributed by atoms with E-state index < -0.39 is 0 Å². The normalized spacial score (nSPS) is 22.4. The molecule has 8 heteroatoms. The van der Waals surface area contributed by atoms with Crippen molar-refractivity contribution in [3.8, 4) is 9.88 Å². The number of nitrogens with zero attached hydrogens (tertiary/aromatic N) is 2. The number of aromatic nitrogens is 1. The van der Waals surface area contributed by atoms with Gasteiger partial charge >= 0.3 is 0 Å². The highest BCUT2D eigenvalue weighted by molar-refractivity contribution is 7.22. The van der Waals surface area contributed by atoms with E-state index in [4.69, 9.17) is 0 Å². The minimum Gasteiger partial charge on any atom is -0.337 e. The first kappa shape index (κ1) is 18.7. The van der Waals surface area contributed by atoms with Crippen LogP contribution in [0.15, 0.2) is 17.5 Å². The van der Waals surface area contributed by atoms with Crippen molar-refractivity contribution < 1.29 is 4.79 Å². The first-order chi connectivity index (χ1) is 10.2. The molecule has 0 saturated carbocycles. The summed E-state index contributed by atoms with van der Waals surface area (Å²) in [6.45, 7) is 5.83. The van der Waals surface area contributed by atoms with E-state index in [0.717, 1.165) is 46.6 Å². The Morgan fingerprint density at radius 1 is 1.30 bits per heavy atom. The minimum atomic E-state index is 0. The zero-order valence-electron chi connectivity index (χ0n) is 12.7. The molecular weight excluding hydrogens is 373 g/mol. The molecule has 2 aliphatic rings. The Kier molecular flexibility index (Phi) is 6.08. The Morgan fingerprint density at radius 3 is 2.61 bits per heavy atom. The monoisotopic (exact) mass is 391 g/mol. The van der Waals surface area contributed by atoms with Gasteiger partial charge < -0.3 is 10.2 Å². The second kappa shape index (κ2) is 7.49. The van der Waals surface area contributed by atoms with Gasteiger partial charge in [0.05, 0.1) is 10.6 Å². The Bertz CT molecular complexity index is 662. The molecule has 0 spiro atoms. The van der Waals surface area contributed by atoms with Crippen molar-refractivity contribution in [2.75, 3.05) is 26.2 Å².